The number of thioether (sulfide) groups is 1. The molecule has 134 valence electrons. The molecule has 0 bridgehead atoms. The molecule has 2 aromatic carbocycles. The number of carbonyl (C=O) groups excluding carboxylic acids is 2. The Morgan fingerprint density at radius 2 is 2.00 bits per heavy atom. The summed E-state index contributed by atoms with van der Waals surface area (Å²) in [6, 6.07) is 14.1. The fraction of sp³-hybridized carbons (Fsp3) is 0.167. The lowest BCUT2D eigenvalue weighted by Gasteiger charge is -2.19. The van der Waals surface area contributed by atoms with Crippen LogP contribution in [0.5, 0.6) is 5.75 Å². The van der Waals surface area contributed by atoms with Crippen LogP contribution in [0.1, 0.15) is 0 Å². The lowest BCUT2D eigenvalue weighted by molar-refractivity contribution is -0.116. The van der Waals surface area contributed by atoms with E-state index in [1.54, 1.807) is 55.6 Å². The third-order valence-electron chi connectivity index (χ3n) is 3.59. The molecule has 1 aliphatic rings. The lowest BCUT2D eigenvalue weighted by atomic mass is 10.3. The van der Waals surface area contributed by atoms with Crippen LogP contribution in [0.3, 0.4) is 0 Å². The van der Waals surface area contributed by atoms with E-state index in [1.165, 1.54) is 16.7 Å². The Kier molecular flexibility index (Phi) is 5.80. The van der Waals surface area contributed by atoms with Crippen LogP contribution in [-0.4, -0.2) is 36.4 Å². The predicted molar refractivity (Wildman–Crippen MR) is 105 cm³/mol. The van der Waals surface area contributed by atoms with Crippen molar-refractivity contribution < 1.29 is 14.3 Å². The SMILES string of the molecule is COc1ccc(NC(=O)CSC2=NCC(=O)N2c2ccccc2Cl)cc1. The minimum Gasteiger partial charge on any atom is -0.497 e. The van der Waals surface area contributed by atoms with Crippen LogP contribution in [0.2, 0.25) is 5.02 Å². The van der Waals surface area contributed by atoms with Gasteiger partial charge in [0.05, 0.1) is 23.6 Å². The van der Waals surface area contributed by atoms with Crippen LogP contribution >= 0.6 is 23.4 Å². The predicted octanol–water partition coefficient (Wildman–Crippen LogP) is 3.42. The summed E-state index contributed by atoms with van der Waals surface area (Å²) in [6.07, 6.45) is 0. The fourth-order valence-electron chi connectivity index (χ4n) is 2.37. The van der Waals surface area contributed by atoms with Gasteiger partial charge >= 0.3 is 0 Å². The van der Waals surface area contributed by atoms with Gasteiger partial charge in [0.25, 0.3) is 5.91 Å². The second-order valence-corrected chi connectivity index (χ2v) is 6.69. The van der Waals surface area contributed by atoms with Gasteiger partial charge in [-0.05, 0) is 36.4 Å². The summed E-state index contributed by atoms with van der Waals surface area (Å²) in [5.74, 6) is 0.475. The van der Waals surface area contributed by atoms with Crippen molar-refractivity contribution in [2.45, 2.75) is 0 Å². The number of para-hydroxylation sites is 1. The van der Waals surface area contributed by atoms with Crippen LogP contribution in [0.25, 0.3) is 0 Å². The van der Waals surface area contributed by atoms with Gasteiger partial charge in [-0.3, -0.25) is 19.5 Å². The molecule has 2 aromatic rings. The zero-order chi connectivity index (χ0) is 18.5. The molecule has 0 fully saturated rings. The van der Waals surface area contributed by atoms with E-state index in [4.69, 9.17) is 16.3 Å². The Bertz CT molecular complexity index is 855. The van der Waals surface area contributed by atoms with Gasteiger partial charge in [-0.25, -0.2) is 0 Å². The third kappa shape index (κ3) is 4.17. The van der Waals surface area contributed by atoms with Gasteiger partial charge in [0.1, 0.15) is 12.3 Å². The van der Waals surface area contributed by atoms with Gasteiger partial charge in [0, 0.05) is 5.69 Å². The van der Waals surface area contributed by atoms with Crippen LogP contribution in [0, 0.1) is 0 Å². The van der Waals surface area contributed by atoms with Crippen molar-refractivity contribution in [1.29, 1.82) is 0 Å². The summed E-state index contributed by atoms with van der Waals surface area (Å²) in [7, 11) is 1.58. The maximum absolute atomic E-state index is 12.2. The zero-order valence-corrected chi connectivity index (χ0v) is 15.5. The number of hydrogen-bond donors (Lipinski definition) is 1. The summed E-state index contributed by atoms with van der Waals surface area (Å²) in [4.78, 5) is 30.0. The first-order chi connectivity index (χ1) is 12.6. The Labute approximate surface area is 160 Å². The summed E-state index contributed by atoms with van der Waals surface area (Å²) in [5, 5.41) is 3.72. The fourth-order valence-corrected chi connectivity index (χ4v) is 3.40. The van der Waals surface area contributed by atoms with E-state index in [2.05, 4.69) is 10.3 Å². The molecule has 0 unspecified atom stereocenters. The Morgan fingerprint density at radius 3 is 2.69 bits per heavy atom. The normalized spacial score (nSPS) is 13.5. The highest BCUT2D eigenvalue weighted by molar-refractivity contribution is 8.14. The molecule has 0 saturated carbocycles. The van der Waals surface area contributed by atoms with Crippen molar-refractivity contribution in [3.63, 3.8) is 0 Å². The van der Waals surface area contributed by atoms with Gasteiger partial charge in [-0.1, -0.05) is 35.5 Å². The van der Waals surface area contributed by atoms with Gasteiger partial charge in [-0.2, -0.15) is 0 Å². The number of rotatable bonds is 5. The van der Waals surface area contributed by atoms with Crippen LogP contribution in [0.15, 0.2) is 53.5 Å². The molecule has 0 atom stereocenters. The number of benzene rings is 2. The Hall–Kier alpha value is -2.51. The minimum atomic E-state index is -0.193. The van der Waals surface area contributed by atoms with Crippen molar-refractivity contribution in [3.8, 4) is 5.75 Å². The van der Waals surface area contributed by atoms with Crippen LogP contribution in [-0.2, 0) is 9.59 Å². The number of carbonyl (C=O) groups is 2. The topological polar surface area (TPSA) is 71.0 Å². The molecule has 1 N–H and O–H groups in total. The quantitative estimate of drug-likeness (QED) is 0.850. The average Bonchev–Trinajstić information content (AvgIpc) is 3.01. The number of anilines is 2. The van der Waals surface area contributed by atoms with Gasteiger partial charge < -0.3 is 10.1 Å². The highest BCUT2D eigenvalue weighted by Gasteiger charge is 2.29. The number of methoxy groups -OCH3 is 1. The van der Waals surface area contributed by atoms with Gasteiger partial charge in [0.2, 0.25) is 5.91 Å². The molecule has 2 amide bonds. The number of hydrogen-bond acceptors (Lipinski definition) is 5. The highest BCUT2D eigenvalue weighted by atomic mass is 35.5. The van der Waals surface area contributed by atoms with E-state index < -0.39 is 0 Å². The van der Waals surface area contributed by atoms with Gasteiger partial charge in [-0.15, -0.1) is 0 Å². The standard InChI is InChI=1S/C18H16ClN3O3S/c1-25-13-8-6-12(7-9-13)21-16(23)11-26-18-20-10-17(24)22(18)15-5-3-2-4-14(15)19/h2-9H,10-11H2,1H3,(H,21,23). The number of ether oxygens (including phenoxy) is 1. The molecule has 26 heavy (non-hydrogen) atoms. The second-order valence-electron chi connectivity index (χ2n) is 5.34. The molecule has 0 aromatic heterocycles. The van der Waals surface area contributed by atoms with E-state index >= 15 is 0 Å². The van der Waals surface area contributed by atoms with Crippen molar-refractivity contribution in [2.75, 3.05) is 29.6 Å². The summed E-state index contributed by atoms with van der Waals surface area (Å²) >= 11 is 7.38. The average molecular weight is 390 g/mol. The molecule has 1 aliphatic heterocycles. The first kappa shape index (κ1) is 18.3. The van der Waals surface area contributed by atoms with Crippen molar-refractivity contribution in [3.05, 3.63) is 53.6 Å². The molecule has 0 radical (unpaired) electrons. The van der Waals surface area contributed by atoms with Crippen molar-refractivity contribution in [2.24, 2.45) is 4.99 Å². The van der Waals surface area contributed by atoms with Gasteiger partial charge in [0.15, 0.2) is 5.17 Å². The second kappa shape index (κ2) is 8.25. The number of amides is 2. The van der Waals surface area contributed by atoms with Crippen molar-refractivity contribution >= 4 is 51.7 Å². The third-order valence-corrected chi connectivity index (χ3v) is 4.89. The first-order valence-corrected chi connectivity index (χ1v) is 9.13. The molecule has 1 heterocycles. The number of nitrogens with one attached hydrogen (secondary N) is 1. The molecule has 6 nitrogen and oxygen atoms in total. The smallest absolute Gasteiger partial charge is 0.254 e. The number of aliphatic imine (C=N–C) groups is 1. The van der Waals surface area contributed by atoms with E-state index in [0.717, 1.165) is 0 Å². The van der Waals surface area contributed by atoms with Crippen molar-refractivity contribution in [1.82, 2.24) is 0 Å². The molecular formula is C18H16ClN3O3S. The van der Waals surface area contributed by atoms with E-state index in [0.29, 0.717) is 27.3 Å². The molecule has 8 heteroatoms. The molecular weight excluding hydrogens is 374 g/mol. The molecule has 3 rings (SSSR count). The largest absolute Gasteiger partial charge is 0.497 e. The summed E-state index contributed by atoms with van der Waals surface area (Å²) in [6.45, 7) is 0.0493. The number of amidine groups is 1. The monoisotopic (exact) mass is 389 g/mol. The zero-order valence-electron chi connectivity index (χ0n) is 13.9. The first-order valence-electron chi connectivity index (χ1n) is 7.77. The highest BCUT2D eigenvalue weighted by Crippen LogP contribution is 2.30. The summed E-state index contributed by atoms with van der Waals surface area (Å²) < 4.78 is 5.08. The molecule has 0 saturated heterocycles. The van der Waals surface area contributed by atoms with Crippen LogP contribution in [0.4, 0.5) is 11.4 Å². The maximum atomic E-state index is 12.2. The van der Waals surface area contributed by atoms with E-state index in [9.17, 15) is 9.59 Å². The minimum absolute atomic E-state index is 0.0493. The van der Waals surface area contributed by atoms with E-state index in [1.807, 2.05) is 0 Å². The number of nitrogens with zero attached hydrogens (tertiary/aromatic N) is 2. The molecule has 0 spiro atoms. The summed E-state index contributed by atoms with van der Waals surface area (Å²) in [5.41, 5.74) is 1.24. The van der Waals surface area contributed by atoms with Crippen LogP contribution < -0.4 is 15.0 Å². The molecule has 0 aliphatic carbocycles. The lowest BCUT2D eigenvalue weighted by Crippen LogP contribution is -2.31. The Morgan fingerprint density at radius 1 is 1.27 bits per heavy atom. The maximum Gasteiger partial charge on any atom is 0.254 e. The Balaban J connectivity index is 1.62. The number of halogens is 1. The van der Waals surface area contributed by atoms with E-state index in [-0.39, 0.29) is 24.1 Å².